The molecule has 2 atom stereocenters. The van der Waals surface area contributed by atoms with Gasteiger partial charge in [-0.25, -0.2) is 0 Å². The fourth-order valence-corrected chi connectivity index (χ4v) is 4.05. The van der Waals surface area contributed by atoms with Crippen LogP contribution in [0.3, 0.4) is 0 Å². The molecule has 8 nitrogen and oxygen atoms in total. The van der Waals surface area contributed by atoms with Crippen LogP contribution < -0.4 is 11.1 Å². The number of nitrogens with one attached hydrogen (secondary N) is 1. The fraction of sp³-hybridized carbons (Fsp3) is 0.526. The summed E-state index contributed by atoms with van der Waals surface area (Å²) < 4.78 is 5.60. The number of benzene rings is 1. The number of ether oxygens (including phenoxy) is 1. The highest BCUT2D eigenvalue weighted by Crippen LogP contribution is 2.28. The fourth-order valence-electron chi connectivity index (χ4n) is 4.05. The van der Waals surface area contributed by atoms with Crippen LogP contribution in [-0.4, -0.2) is 65.9 Å². The Labute approximate surface area is 157 Å². The Morgan fingerprint density at radius 1 is 1.26 bits per heavy atom. The molecule has 3 aliphatic rings. The number of morpholine rings is 1. The molecule has 2 fully saturated rings. The van der Waals surface area contributed by atoms with Crippen molar-refractivity contribution in [3.63, 3.8) is 0 Å². The van der Waals surface area contributed by atoms with Crippen molar-refractivity contribution in [1.29, 1.82) is 0 Å². The highest BCUT2D eigenvalue weighted by molar-refractivity contribution is 6.05. The van der Waals surface area contributed by atoms with Crippen molar-refractivity contribution in [2.75, 3.05) is 26.2 Å². The van der Waals surface area contributed by atoms with Gasteiger partial charge >= 0.3 is 0 Å². The molecule has 0 bridgehead atoms. The monoisotopic (exact) mass is 372 g/mol. The minimum atomic E-state index is -0.574. The van der Waals surface area contributed by atoms with Gasteiger partial charge < -0.3 is 15.4 Å². The summed E-state index contributed by atoms with van der Waals surface area (Å²) in [5, 5.41) is 2.33. The van der Waals surface area contributed by atoms with E-state index in [-0.39, 0.29) is 30.2 Å². The van der Waals surface area contributed by atoms with Gasteiger partial charge in [-0.3, -0.25) is 24.6 Å². The minimum Gasteiger partial charge on any atom is -0.374 e. The molecule has 8 heteroatoms. The minimum absolute atomic E-state index is 0.0674. The van der Waals surface area contributed by atoms with E-state index >= 15 is 0 Å². The van der Waals surface area contributed by atoms with E-state index in [0.717, 1.165) is 30.8 Å². The Hall–Kier alpha value is -2.29. The van der Waals surface area contributed by atoms with E-state index in [1.807, 2.05) is 18.2 Å². The number of nitrogens with two attached hydrogens (primary N) is 1. The number of piperidine rings is 1. The number of rotatable bonds is 4. The molecule has 0 saturated carbocycles. The zero-order chi connectivity index (χ0) is 19.0. The Kier molecular flexibility index (Phi) is 4.94. The standard InChI is InChI=1S/C19H24N4O4/c20-8-14-11-22(5-6-27-14)9-12-1-2-15-13(7-12)10-23(19(15)26)16-3-4-17(24)21-18(16)25/h1-2,7,14,16H,3-6,8-11,20H2,(H,21,24,25)/t14-,16?/m0/s1. The van der Waals surface area contributed by atoms with Gasteiger partial charge in [0.25, 0.3) is 5.91 Å². The van der Waals surface area contributed by atoms with Gasteiger partial charge in [-0.1, -0.05) is 12.1 Å². The number of carbonyl (C=O) groups excluding carboxylic acids is 3. The summed E-state index contributed by atoms with van der Waals surface area (Å²) in [6.07, 6.45) is 0.713. The average molecular weight is 372 g/mol. The second kappa shape index (κ2) is 7.38. The zero-order valence-electron chi connectivity index (χ0n) is 15.1. The second-order valence-electron chi connectivity index (χ2n) is 7.36. The summed E-state index contributed by atoms with van der Waals surface area (Å²) in [7, 11) is 0. The third-order valence-corrected chi connectivity index (χ3v) is 5.48. The number of imide groups is 1. The first-order chi connectivity index (χ1) is 13.0. The summed E-state index contributed by atoms with van der Waals surface area (Å²) in [6, 6.07) is 5.29. The van der Waals surface area contributed by atoms with Crippen LogP contribution in [0.25, 0.3) is 0 Å². The van der Waals surface area contributed by atoms with Gasteiger partial charge in [-0.15, -0.1) is 0 Å². The Bertz CT molecular complexity index is 781. The third-order valence-electron chi connectivity index (χ3n) is 5.48. The molecule has 0 aliphatic carbocycles. The molecule has 0 spiro atoms. The van der Waals surface area contributed by atoms with Crippen LogP contribution in [0, 0.1) is 0 Å². The lowest BCUT2D eigenvalue weighted by Gasteiger charge is -2.32. The van der Waals surface area contributed by atoms with Crippen molar-refractivity contribution < 1.29 is 19.1 Å². The number of fused-ring (bicyclic) bond motifs is 1. The van der Waals surface area contributed by atoms with Crippen LogP contribution in [-0.2, 0) is 27.4 Å². The molecular weight excluding hydrogens is 348 g/mol. The predicted octanol–water partition coefficient (Wildman–Crippen LogP) is -0.393. The predicted molar refractivity (Wildman–Crippen MR) is 96.6 cm³/mol. The van der Waals surface area contributed by atoms with Crippen LogP contribution in [0.1, 0.15) is 34.3 Å². The average Bonchev–Trinajstić information content (AvgIpc) is 2.98. The number of nitrogens with zero attached hydrogens (tertiary/aromatic N) is 2. The van der Waals surface area contributed by atoms with Gasteiger partial charge in [0.05, 0.1) is 12.7 Å². The molecular formula is C19H24N4O4. The van der Waals surface area contributed by atoms with E-state index < -0.39 is 6.04 Å². The van der Waals surface area contributed by atoms with Crippen LogP contribution in [0.5, 0.6) is 0 Å². The number of hydrogen-bond acceptors (Lipinski definition) is 6. The van der Waals surface area contributed by atoms with Gasteiger partial charge in [0.2, 0.25) is 11.8 Å². The molecule has 1 aromatic rings. The lowest BCUT2D eigenvalue weighted by atomic mass is 10.0. The van der Waals surface area contributed by atoms with Crippen LogP contribution in [0.15, 0.2) is 18.2 Å². The van der Waals surface area contributed by atoms with Gasteiger partial charge in [0.1, 0.15) is 6.04 Å². The van der Waals surface area contributed by atoms with Gasteiger partial charge in [0.15, 0.2) is 0 Å². The SMILES string of the molecule is NC[C@H]1CN(Cc2ccc3c(c2)CN(C2CCC(=O)NC2=O)C3=O)CCO1. The maximum absolute atomic E-state index is 12.7. The molecule has 144 valence electrons. The number of amides is 3. The number of hydrogen-bond donors (Lipinski definition) is 2. The lowest BCUT2D eigenvalue weighted by molar-refractivity contribution is -0.136. The van der Waals surface area contributed by atoms with Crippen molar-refractivity contribution in [1.82, 2.24) is 15.1 Å². The van der Waals surface area contributed by atoms with E-state index in [2.05, 4.69) is 10.2 Å². The third kappa shape index (κ3) is 3.60. The van der Waals surface area contributed by atoms with E-state index in [9.17, 15) is 14.4 Å². The maximum atomic E-state index is 12.7. The van der Waals surface area contributed by atoms with Crippen LogP contribution >= 0.6 is 0 Å². The van der Waals surface area contributed by atoms with Gasteiger partial charge in [-0.05, 0) is 23.6 Å². The topological polar surface area (TPSA) is 105 Å². The molecule has 1 aromatic carbocycles. The molecule has 3 aliphatic heterocycles. The highest BCUT2D eigenvalue weighted by Gasteiger charge is 2.39. The molecule has 2 saturated heterocycles. The first-order valence-electron chi connectivity index (χ1n) is 9.35. The summed E-state index contributed by atoms with van der Waals surface area (Å²) in [5.74, 6) is -0.793. The smallest absolute Gasteiger partial charge is 0.255 e. The van der Waals surface area contributed by atoms with Crippen molar-refractivity contribution >= 4 is 17.7 Å². The molecule has 4 rings (SSSR count). The quantitative estimate of drug-likeness (QED) is 0.698. The lowest BCUT2D eigenvalue weighted by Crippen LogP contribution is -2.52. The molecule has 3 N–H and O–H groups in total. The largest absolute Gasteiger partial charge is 0.374 e. The normalized spacial score (nSPS) is 26.3. The van der Waals surface area contributed by atoms with Gasteiger partial charge in [-0.2, -0.15) is 0 Å². The van der Waals surface area contributed by atoms with Crippen molar-refractivity contribution in [2.45, 2.75) is 38.1 Å². The maximum Gasteiger partial charge on any atom is 0.255 e. The molecule has 0 radical (unpaired) electrons. The molecule has 0 aromatic heterocycles. The number of carbonyl (C=O) groups is 3. The zero-order valence-corrected chi connectivity index (χ0v) is 15.1. The molecule has 3 amide bonds. The van der Waals surface area contributed by atoms with E-state index in [0.29, 0.717) is 31.7 Å². The van der Waals surface area contributed by atoms with Crippen molar-refractivity contribution in [2.24, 2.45) is 5.73 Å². The van der Waals surface area contributed by atoms with Crippen molar-refractivity contribution in [3.05, 3.63) is 34.9 Å². The highest BCUT2D eigenvalue weighted by atomic mass is 16.5. The first kappa shape index (κ1) is 18.1. The Balaban J connectivity index is 1.46. The first-order valence-corrected chi connectivity index (χ1v) is 9.35. The Morgan fingerprint density at radius 2 is 2.11 bits per heavy atom. The summed E-state index contributed by atoms with van der Waals surface area (Å²) in [4.78, 5) is 40.1. The van der Waals surface area contributed by atoms with E-state index in [1.165, 1.54) is 0 Å². The molecule has 3 heterocycles. The van der Waals surface area contributed by atoms with E-state index in [4.69, 9.17) is 10.5 Å². The second-order valence-corrected chi connectivity index (χ2v) is 7.36. The molecule has 1 unspecified atom stereocenters. The van der Waals surface area contributed by atoms with Crippen LogP contribution in [0.2, 0.25) is 0 Å². The van der Waals surface area contributed by atoms with Gasteiger partial charge in [0, 0.05) is 44.7 Å². The Morgan fingerprint density at radius 3 is 2.89 bits per heavy atom. The summed E-state index contributed by atoms with van der Waals surface area (Å²) >= 11 is 0. The van der Waals surface area contributed by atoms with Crippen LogP contribution in [0.4, 0.5) is 0 Å². The van der Waals surface area contributed by atoms with Crippen molar-refractivity contribution in [3.8, 4) is 0 Å². The molecule has 27 heavy (non-hydrogen) atoms. The summed E-state index contributed by atoms with van der Waals surface area (Å²) in [6.45, 7) is 4.02. The summed E-state index contributed by atoms with van der Waals surface area (Å²) in [5.41, 5.74) is 8.41. The van der Waals surface area contributed by atoms with E-state index in [1.54, 1.807) is 4.90 Å².